The smallest absolute Gasteiger partial charge is 0.306 e. The lowest BCUT2D eigenvalue weighted by Crippen LogP contribution is -2.36. The molecule has 1 aromatic heterocycles. The molecule has 7 heteroatoms. The van der Waals surface area contributed by atoms with Crippen molar-refractivity contribution in [3.8, 4) is 0 Å². The summed E-state index contributed by atoms with van der Waals surface area (Å²) in [6, 6.07) is 8.36. The number of carboxylic acids is 1. The van der Waals surface area contributed by atoms with Crippen molar-refractivity contribution >= 4 is 17.7 Å². The molecule has 0 amide bonds. The molecule has 0 saturated carbocycles. The molecule has 1 saturated heterocycles. The first-order valence-electron chi connectivity index (χ1n) is 7.91. The molecule has 3 rings (SSSR count). The average Bonchev–Trinajstić information content (AvgIpc) is 2.61. The highest BCUT2D eigenvalue weighted by molar-refractivity contribution is 5.70. The molecule has 126 valence electrons. The average molecular weight is 330 g/mol. The standard InChI is InChI=1S/C17H19FN4O2/c18-14-4-2-1-3-13(14)11-20-17-19-8-5-15(21-17)22-9-6-12(7-10-22)16(23)24/h1-5,8,12H,6-7,9-11H2,(H,23,24)(H,19,20,21). The molecule has 2 heterocycles. The molecule has 1 aromatic carbocycles. The summed E-state index contributed by atoms with van der Waals surface area (Å²) in [5.74, 6) is -0.0933. The summed E-state index contributed by atoms with van der Waals surface area (Å²) in [6.45, 7) is 1.61. The van der Waals surface area contributed by atoms with Crippen molar-refractivity contribution in [3.63, 3.8) is 0 Å². The fraction of sp³-hybridized carbons (Fsp3) is 0.353. The first kappa shape index (κ1) is 16.2. The maximum atomic E-state index is 13.6. The molecule has 1 fully saturated rings. The van der Waals surface area contributed by atoms with Gasteiger partial charge in [-0.2, -0.15) is 4.98 Å². The van der Waals surface area contributed by atoms with Crippen LogP contribution in [0.3, 0.4) is 0 Å². The molecule has 2 aromatic rings. The lowest BCUT2D eigenvalue weighted by molar-refractivity contribution is -0.142. The van der Waals surface area contributed by atoms with Crippen LogP contribution in [0.15, 0.2) is 36.5 Å². The monoisotopic (exact) mass is 330 g/mol. The maximum absolute atomic E-state index is 13.6. The molecule has 0 spiro atoms. The van der Waals surface area contributed by atoms with Crippen LogP contribution < -0.4 is 10.2 Å². The number of nitrogens with one attached hydrogen (secondary N) is 1. The Bertz CT molecular complexity index is 717. The van der Waals surface area contributed by atoms with Crippen LogP contribution in [0, 0.1) is 11.7 Å². The van der Waals surface area contributed by atoms with Crippen LogP contribution in [0.1, 0.15) is 18.4 Å². The molecule has 0 atom stereocenters. The fourth-order valence-electron chi connectivity index (χ4n) is 2.78. The molecule has 0 unspecified atom stereocenters. The molecular weight excluding hydrogens is 311 g/mol. The summed E-state index contributed by atoms with van der Waals surface area (Å²) in [4.78, 5) is 21.7. The number of aromatic nitrogens is 2. The zero-order valence-corrected chi connectivity index (χ0v) is 13.2. The predicted octanol–water partition coefficient (Wildman–Crippen LogP) is 2.53. The number of carbonyl (C=O) groups is 1. The van der Waals surface area contributed by atoms with E-state index in [0.717, 1.165) is 5.82 Å². The summed E-state index contributed by atoms with van der Waals surface area (Å²) in [7, 11) is 0. The van der Waals surface area contributed by atoms with E-state index in [2.05, 4.69) is 20.2 Å². The molecule has 0 radical (unpaired) electrons. The second-order valence-electron chi connectivity index (χ2n) is 5.78. The lowest BCUT2D eigenvalue weighted by atomic mass is 9.97. The van der Waals surface area contributed by atoms with Gasteiger partial charge in [0.2, 0.25) is 5.95 Å². The van der Waals surface area contributed by atoms with Gasteiger partial charge in [-0.1, -0.05) is 18.2 Å². The van der Waals surface area contributed by atoms with Crippen LogP contribution in [-0.2, 0) is 11.3 Å². The number of aliphatic carboxylic acids is 1. The molecule has 2 N–H and O–H groups in total. The summed E-state index contributed by atoms with van der Waals surface area (Å²) in [6.07, 6.45) is 2.87. The van der Waals surface area contributed by atoms with E-state index in [9.17, 15) is 9.18 Å². The van der Waals surface area contributed by atoms with Crippen molar-refractivity contribution in [3.05, 3.63) is 47.9 Å². The number of hydrogen-bond acceptors (Lipinski definition) is 5. The molecule has 0 aliphatic carbocycles. The van der Waals surface area contributed by atoms with Gasteiger partial charge in [0.05, 0.1) is 5.92 Å². The minimum atomic E-state index is -0.732. The molecular formula is C17H19FN4O2. The first-order valence-corrected chi connectivity index (χ1v) is 7.91. The Morgan fingerprint density at radius 1 is 1.29 bits per heavy atom. The third kappa shape index (κ3) is 3.79. The van der Waals surface area contributed by atoms with E-state index in [-0.39, 0.29) is 11.7 Å². The minimum absolute atomic E-state index is 0.267. The summed E-state index contributed by atoms with van der Waals surface area (Å²) < 4.78 is 13.6. The molecule has 24 heavy (non-hydrogen) atoms. The highest BCUT2D eigenvalue weighted by Gasteiger charge is 2.25. The summed E-state index contributed by atoms with van der Waals surface area (Å²) in [5, 5.41) is 12.1. The van der Waals surface area contributed by atoms with Gasteiger partial charge < -0.3 is 15.3 Å². The fourth-order valence-corrected chi connectivity index (χ4v) is 2.78. The Hall–Kier alpha value is -2.70. The van der Waals surface area contributed by atoms with Crippen molar-refractivity contribution < 1.29 is 14.3 Å². The van der Waals surface area contributed by atoms with Gasteiger partial charge in [0, 0.05) is 31.4 Å². The Kier molecular flexibility index (Phi) is 4.88. The normalized spacial score (nSPS) is 15.3. The number of rotatable bonds is 5. The zero-order chi connectivity index (χ0) is 16.9. The van der Waals surface area contributed by atoms with Crippen LogP contribution in [0.2, 0.25) is 0 Å². The number of benzene rings is 1. The van der Waals surface area contributed by atoms with E-state index < -0.39 is 5.97 Å². The number of halogens is 1. The van der Waals surface area contributed by atoms with Gasteiger partial charge in [0.15, 0.2) is 0 Å². The molecule has 6 nitrogen and oxygen atoms in total. The van der Waals surface area contributed by atoms with Crippen LogP contribution in [0.4, 0.5) is 16.2 Å². The van der Waals surface area contributed by atoms with Gasteiger partial charge in [0.25, 0.3) is 0 Å². The topological polar surface area (TPSA) is 78.3 Å². The van der Waals surface area contributed by atoms with E-state index in [1.54, 1.807) is 30.5 Å². The van der Waals surface area contributed by atoms with Gasteiger partial charge in [-0.15, -0.1) is 0 Å². The van der Waals surface area contributed by atoms with E-state index in [1.165, 1.54) is 6.07 Å². The quantitative estimate of drug-likeness (QED) is 0.877. The Balaban J connectivity index is 1.62. The molecule has 1 aliphatic rings. The van der Waals surface area contributed by atoms with Crippen LogP contribution in [-0.4, -0.2) is 34.1 Å². The van der Waals surface area contributed by atoms with Crippen molar-refractivity contribution in [2.75, 3.05) is 23.3 Å². The van der Waals surface area contributed by atoms with Gasteiger partial charge in [-0.3, -0.25) is 4.79 Å². The second-order valence-corrected chi connectivity index (χ2v) is 5.78. The van der Waals surface area contributed by atoms with Crippen molar-refractivity contribution in [1.29, 1.82) is 0 Å². The van der Waals surface area contributed by atoms with Crippen molar-refractivity contribution in [2.24, 2.45) is 5.92 Å². The Labute approximate surface area is 139 Å². The van der Waals surface area contributed by atoms with Crippen molar-refractivity contribution in [2.45, 2.75) is 19.4 Å². The predicted molar refractivity (Wildman–Crippen MR) is 88.3 cm³/mol. The molecule has 0 bridgehead atoms. The third-order valence-electron chi connectivity index (χ3n) is 4.20. The first-order chi connectivity index (χ1) is 11.6. The van der Waals surface area contributed by atoms with Gasteiger partial charge >= 0.3 is 5.97 Å². The Morgan fingerprint density at radius 3 is 2.75 bits per heavy atom. The zero-order valence-electron chi connectivity index (χ0n) is 13.2. The van der Waals surface area contributed by atoms with Gasteiger partial charge in [-0.25, -0.2) is 9.37 Å². The highest BCUT2D eigenvalue weighted by Crippen LogP contribution is 2.22. The minimum Gasteiger partial charge on any atom is -0.481 e. The third-order valence-corrected chi connectivity index (χ3v) is 4.20. The number of nitrogens with zero attached hydrogens (tertiary/aromatic N) is 3. The molecule has 1 aliphatic heterocycles. The van der Waals surface area contributed by atoms with E-state index >= 15 is 0 Å². The van der Waals surface area contributed by atoms with E-state index in [0.29, 0.717) is 44.0 Å². The van der Waals surface area contributed by atoms with E-state index in [4.69, 9.17) is 5.11 Å². The largest absolute Gasteiger partial charge is 0.481 e. The van der Waals surface area contributed by atoms with Crippen LogP contribution in [0.5, 0.6) is 0 Å². The number of hydrogen-bond donors (Lipinski definition) is 2. The SMILES string of the molecule is O=C(O)C1CCN(c2ccnc(NCc3ccccc3F)n2)CC1. The second kappa shape index (κ2) is 7.25. The summed E-state index contributed by atoms with van der Waals surface area (Å²) >= 11 is 0. The number of anilines is 2. The maximum Gasteiger partial charge on any atom is 0.306 e. The van der Waals surface area contributed by atoms with Crippen LogP contribution >= 0.6 is 0 Å². The van der Waals surface area contributed by atoms with Crippen LogP contribution in [0.25, 0.3) is 0 Å². The van der Waals surface area contributed by atoms with Gasteiger partial charge in [0.1, 0.15) is 11.6 Å². The highest BCUT2D eigenvalue weighted by atomic mass is 19.1. The lowest BCUT2D eigenvalue weighted by Gasteiger charge is -2.31. The number of piperidine rings is 1. The Morgan fingerprint density at radius 2 is 2.04 bits per heavy atom. The van der Waals surface area contributed by atoms with Gasteiger partial charge in [-0.05, 0) is 25.0 Å². The van der Waals surface area contributed by atoms with E-state index in [1.807, 2.05) is 0 Å². The summed E-state index contributed by atoms with van der Waals surface area (Å²) in [5.41, 5.74) is 0.550. The number of carboxylic acid groups (broad SMARTS) is 1. The van der Waals surface area contributed by atoms with Crippen molar-refractivity contribution in [1.82, 2.24) is 9.97 Å².